The lowest BCUT2D eigenvalue weighted by Gasteiger charge is -2.15. The van der Waals surface area contributed by atoms with Gasteiger partial charge in [-0.3, -0.25) is 10.1 Å². The second-order valence-electron chi connectivity index (χ2n) is 3.40. The van der Waals surface area contributed by atoms with Gasteiger partial charge in [-0.05, 0) is 41.1 Å². The van der Waals surface area contributed by atoms with Gasteiger partial charge in [0.2, 0.25) is 0 Å². The molecule has 0 aliphatic carbocycles. The monoisotopic (exact) mass is 378 g/mol. The summed E-state index contributed by atoms with van der Waals surface area (Å²) >= 11 is 6.64. The number of imide groups is 1. The molecule has 0 bridgehead atoms. The Balaban J connectivity index is 2.66. The van der Waals surface area contributed by atoms with Gasteiger partial charge in [0.15, 0.2) is 6.10 Å². The van der Waals surface area contributed by atoms with Gasteiger partial charge in [0, 0.05) is 11.5 Å². The van der Waals surface area contributed by atoms with Crippen molar-refractivity contribution in [2.45, 2.75) is 13.0 Å². The number of carbonyl (C=O) groups is 2. The van der Waals surface area contributed by atoms with Crippen molar-refractivity contribution in [3.05, 3.63) is 27.1 Å². The fraction of sp³-hybridized carbons (Fsp3) is 0.273. The van der Waals surface area contributed by atoms with Crippen LogP contribution in [0.5, 0.6) is 5.75 Å². The second kappa shape index (κ2) is 6.75. The molecule has 18 heavy (non-hydrogen) atoms. The Morgan fingerprint density at radius 2 is 2.00 bits per heavy atom. The highest BCUT2D eigenvalue weighted by Gasteiger charge is 2.17. The van der Waals surface area contributed by atoms with Crippen LogP contribution in [-0.2, 0) is 4.79 Å². The number of halogens is 2. The van der Waals surface area contributed by atoms with Crippen molar-refractivity contribution in [2.24, 2.45) is 0 Å². The molecule has 0 aliphatic heterocycles. The summed E-state index contributed by atoms with van der Waals surface area (Å²) in [5, 5.41) is 4.43. The van der Waals surface area contributed by atoms with Crippen LogP contribution in [0.1, 0.15) is 6.92 Å². The number of ether oxygens (including phenoxy) is 1. The van der Waals surface area contributed by atoms with E-state index in [9.17, 15) is 9.59 Å². The molecule has 1 atom stereocenters. The zero-order chi connectivity index (χ0) is 13.7. The molecule has 7 heteroatoms. The van der Waals surface area contributed by atoms with Gasteiger partial charge in [0.25, 0.3) is 5.91 Å². The normalized spacial score (nSPS) is 11.6. The summed E-state index contributed by atoms with van der Waals surface area (Å²) in [4.78, 5) is 22.6. The van der Waals surface area contributed by atoms with Crippen molar-refractivity contribution in [2.75, 3.05) is 7.05 Å². The third-order valence-electron chi connectivity index (χ3n) is 2.03. The van der Waals surface area contributed by atoms with E-state index in [0.717, 1.165) is 8.95 Å². The molecular formula is C11H12Br2N2O3. The first-order chi connectivity index (χ1) is 8.43. The third-order valence-corrected chi connectivity index (χ3v) is 3.14. The minimum atomic E-state index is -0.778. The zero-order valence-electron chi connectivity index (χ0n) is 9.79. The number of carbonyl (C=O) groups excluding carboxylic acids is 2. The summed E-state index contributed by atoms with van der Waals surface area (Å²) in [6.45, 7) is 1.56. The Kier molecular flexibility index (Phi) is 5.61. The molecular weight excluding hydrogens is 368 g/mol. The van der Waals surface area contributed by atoms with Crippen molar-refractivity contribution in [3.8, 4) is 5.75 Å². The van der Waals surface area contributed by atoms with Crippen LogP contribution >= 0.6 is 31.9 Å². The van der Waals surface area contributed by atoms with E-state index in [4.69, 9.17) is 4.74 Å². The molecule has 0 saturated heterocycles. The molecule has 0 saturated carbocycles. The van der Waals surface area contributed by atoms with Crippen molar-refractivity contribution in [1.82, 2.24) is 10.6 Å². The predicted molar refractivity (Wildman–Crippen MR) is 74.5 cm³/mol. The fourth-order valence-electron chi connectivity index (χ4n) is 1.09. The molecule has 2 N–H and O–H groups in total. The number of urea groups is 1. The minimum Gasteiger partial charge on any atom is -0.480 e. The lowest BCUT2D eigenvalue weighted by Crippen LogP contribution is -2.43. The van der Waals surface area contributed by atoms with E-state index in [0.29, 0.717) is 5.75 Å². The SMILES string of the molecule is CNC(=O)NC(=O)[C@@H](C)Oc1ccc(Br)cc1Br. The molecule has 1 aromatic rings. The van der Waals surface area contributed by atoms with Crippen LogP contribution in [0.2, 0.25) is 0 Å². The lowest BCUT2D eigenvalue weighted by molar-refractivity contribution is -0.126. The van der Waals surface area contributed by atoms with E-state index in [1.807, 2.05) is 0 Å². The Morgan fingerprint density at radius 1 is 1.33 bits per heavy atom. The molecule has 0 heterocycles. The average Bonchev–Trinajstić information content (AvgIpc) is 2.32. The number of hydrogen-bond donors (Lipinski definition) is 2. The van der Waals surface area contributed by atoms with Crippen LogP contribution in [0.25, 0.3) is 0 Å². The third kappa shape index (κ3) is 4.30. The van der Waals surface area contributed by atoms with Gasteiger partial charge < -0.3 is 10.1 Å². The van der Waals surface area contributed by atoms with Crippen LogP contribution in [0.15, 0.2) is 27.1 Å². The summed E-state index contributed by atoms with van der Waals surface area (Å²) in [5.41, 5.74) is 0. The van der Waals surface area contributed by atoms with E-state index in [1.54, 1.807) is 25.1 Å². The summed E-state index contributed by atoms with van der Waals surface area (Å²) in [6, 6.07) is 4.75. The maximum Gasteiger partial charge on any atom is 0.321 e. The Hall–Kier alpha value is -1.08. The molecule has 5 nitrogen and oxygen atoms in total. The van der Waals surface area contributed by atoms with Crippen molar-refractivity contribution < 1.29 is 14.3 Å². The summed E-state index contributed by atoms with van der Waals surface area (Å²) < 4.78 is 7.06. The molecule has 1 rings (SSSR count). The first-order valence-electron chi connectivity index (χ1n) is 5.08. The van der Waals surface area contributed by atoms with Crippen molar-refractivity contribution in [3.63, 3.8) is 0 Å². The highest BCUT2D eigenvalue weighted by molar-refractivity contribution is 9.11. The van der Waals surface area contributed by atoms with E-state index in [2.05, 4.69) is 42.5 Å². The van der Waals surface area contributed by atoms with Crippen LogP contribution in [0.3, 0.4) is 0 Å². The zero-order valence-corrected chi connectivity index (χ0v) is 13.0. The Morgan fingerprint density at radius 3 is 2.56 bits per heavy atom. The van der Waals surface area contributed by atoms with Gasteiger partial charge in [0.1, 0.15) is 5.75 Å². The predicted octanol–water partition coefficient (Wildman–Crippen LogP) is 2.43. The molecule has 0 fully saturated rings. The van der Waals surface area contributed by atoms with Gasteiger partial charge in [0.05, 0.1) is 4.47 Å². The van der Waals surface area contributed by atoms with E-state index in [-0.39, 0.29) is 0 Å². The van der Waals surface area contributed by atoms with Gasteiger partial charge in [-0.15, -0.1) is 0 Å². The molecule has 3 amide bonds. The van der Waals surface area contributed by atoms with Crippen LogP contribution in [0.4, 0.5) is 4.79 Å². The Bertz CT molecular complexity index is 466. The largest absolute Gasteiger partial charge is 0.480 e. The number of rotatable bonds is 3. The molecule has 0 unspecified atom stereocenters. The highest BCUT2D eigenvalue weighted by atomic mass is 79.9. The average molecular weight is 380 g/mol. The molecule has 0 aromatic heterocycles. The number of hydrogen-bond acceptors (Lipinski definition) is 3. The Labute approximate surface area is 122 Å². The molecule has 0 aliphatic rings. The highest BCUT2D eigenvalue weighted by Crippen LogP contribution is 2.28. The van der Waals surface area contributed by atoms with Crippen molar-refractivity contribution >= 4 is 43.8 Å². The standard InChI is InChI=1S/C11H12Br2N2O3/c1-6(10(16)15-11(17)14-2)18-9-4-3-7(12)5-8(9)13/h3-6H,1-2H3,(H2,14,15,16,17)/t6-/m1/s1. The van der Waals surface area contributed by atoms with Crippen molar-refractivity contribution in [1.29, 1.82) is 0 Å². The van der Waals surface area contributed by atoms with Gasteiger partial charge >= 0.3 is 6.03 Å². The molecule has 0 radical (unpaired) electrons. The topological polar surface area (TPSA) is 67.4 Å². The van der Waals surface area contributed by atoms with Crippen LogP contribution in [0, 0.1) is 0 Å². The lowest BCUT2D eigenvalue weighted by atomic mass is 10.3. The number of amides is 3. The maximum atomic E-state index is 11.6. The van der Waals surface area contributed by atoms with E-state index >= 15 is 0 Å². The van der Waals surface area contributed by atoms with E-state index in [1.165, 1.54) is 7.05 Å². The molecule has 98 valence electrons. The maximum absolute atomic E-state index is 11.6. The first kappa shape index (κ1) is 15.0. The van der Waals surface area contributed by atoms with Gasteiger partial charge in [-0.2, -0.15) is 0 Å². The summed E-state index contributed by atoms with van der Waals surface area (Å²) in [6.07, 6.45) is -0.778. The second-order valence-corrected chi connectivity index (χ2v) is 5.17. The van der Waals surface area contributed by atoms with Crippen LogP contribution < -0.4 is 15.4 Å². The summed E-state index contributed by atoms with van der Waals surface area (Å²) in [5.74, 6) is 0.0157. The number of nitrogens with one attached hydrogen (secondary N) is 2. The smallest absolute Gasteiger partial charge is 0.321 e. The van der Waals surface area contributed by atoms with E-state index < -0.39 is 18.0 Å². The summed E-state index contributed by atoms with van der Waals surface area (Å²) in [7, 11) is 1.43. The first-order valence-corrected chi connectivity index (χ1v) is 6.67. The minimum absolute atomic E-state index is 0.510. The van der Waals surface area contributed by atoms with Gasteiger partial charge in [-0.1, -0.05) is 15.9 Å². The quantitative estimate of drug-likeness (QED) is 0.847. The van der Waals surface area contributed by atoms with Crippen LogP contribution in [-0.4, -0.2) is 25.1 Å². The molecule has 0 spiro atoms. The number of benzene rings is 1. The molecule has 1 aromatic carbocycles. The van der Waals surface area contributed by atoms with Gasteiger partial charge in [-0.25, -0.2) is 4.79 Å². The fourth-order valence-corrected chi connectivity index (χ4v) is 2.23.